The van der Waals surface area contributed by atoms with E-state index in [2.05, 4.69) is 87.6 Å². The summed E-state index contributed by atoms with van der Waals surface area (Å²) in [7, 11) is 0. The lowest BCUT2D eigenvalue weighted by Crippen LogP contribution is -2.30. The minimum Gasteiger partial charge on any atom is -0.462 e. The molecular formula is C45H76O5. The van der Waals surface area contributed by atoms with Gasteiger partial charge in [-0.2, -0.15) is 0 Å². The molecule has 0 aliphatic heterocycles. The first-order chi connectivity index (χ1) is 24.6. The van der Waals surface area contributed by atoms with Gasteiger partial charge in [-0.25, -0.2) is 0 Å². The standard InChI is InChI=1S/C45H76O5/c1-4-7-10-13-16-19-21-23-25-27-29-32-35-38-44(46)49-42-43(41-48-40-37-34-31-18-15-12-9-6-3)50-45(47)39-36-33-30-28-26-24-22-20-17-14-11-8-5-2/h7,10-11,14,16,19-20,22-23,25,29,32,43H,4-6,8-9,12-13,15,17-18,21,24,26-28,30-31,33-42H2,1-3H3/b10-7-,14-11-,19-16-,22-20-,25-23-,32-29-. The maximum atomic E-state index is 12.6. The summed E-state index contributed by atoms with van der Waals surface area (Å²) in [6.07, 6.45) is 50.5. The van der Waals surface area contributed by atoms with Gasteiger partial charge in [0, 0.05) is 19.4 Å². The maximum absolute atomic E-state index is 12.6. The third-order valence-electron chi connectivity index (χ3n) is 8.22. The normalized spacial score (nSPS) is 12.9. The highest BCUT2D eigenvalue weighted by atomic mass is 16.6. The van der Waals surface area contributed by atoms with Gasteiger partial charge in [-0.05, 0) is 70.6 Å². The number of rotatable bonds is 36. The molecule has 0 N–H and O–H groups in total. The van der Waals surface area contributed by atoms with Crippen LogP contribution in [0.15, 0.2) is 72.9 Å². The Bertz CT molecular complexity index is 926. The number of hydrogen-bond donors (Lipinski definition) is 0. The van der Waals surface area contributed by atoms with Crippen molar-refractivity contribution in [2.24, 2.45) is 0 Å². The van der Waals surface area contributed by atoms with Gasteiger partial charge < -0.3 is 14.2 Å². The van der Waals surface area contributed by atoms with Gasteiger partial charge in [-0.3, -0.25) is 9.59 Å². The van der Waals surface area contributed by atoms with E-state index in [1.165, 1.54) is 57.8 Å². The Labute approximate surface area is 308 Å². The minimum atomic E-state index is -0.568. The van der Waals surface area contributed by atoms with Crippen molar-refractivity contribution in [2.75, 3.05) is 19.8 Å². The molecule has 0 aromatic heterocycles. The van der Waals surface area contributed by atoms with Gasteiger partial charge >= 0.3 is 11.9 Å². The van der Waals surface area contributed by atoms with Crippen LogP contribution in [0.3, 0.4) is 0 Å². The summed E-state index contributed by atoms with van der Waals surface area (Å²) in [5.74, 6) is -0.514. The Balaban J connectivity index is 4.36. The summed E-state index contributed by atoms with van der Waals surface area (Å²) < 4.78 is 17.1. The lowest BCUT2D eigenvalue weighted by atomic mass is 10.1. The second-order valence-corrected chi connectivity index (χ2v) is 13.2. The van der Waals surface area contributed by atoms with E-state index < -0.39 is 6.10 Å². The van der Waals surface area contributed by atoms with E-state index in [1.807, 2.05) is 6.08 Å². The van der Waals surface area contributed by atoms with Crippen molar-refractivity contribution in [2.45, 2.75) is 181 Å². The molecule has 0 amide bonds. The Morgan fingerprint density at radius 2 is 0.980 bits per heavy atom. The first-order valence-electron chi connectivity index (χ1n) is 20.5. The fourth-order valence-electron chi connectivity index (χ4n) is 5.21. The average Bonchev–Trinajstić information content (AvgIpc) is 3.11. The second kappa shape index (κ2) is 40.8. The van der Waals surface area contributed by atoms with Crippen molar-refractivity contribution in [3.8, 4) is 0 Å². The molecule has 0 aliphatic rings. The van der Waals surface area contributed by atoms with Crippen LogP contribution in [0.25, 0.3) is 0 Å². The number of allylic oxidation sites excluding steroid dienone is 12. The van der Waals surface area contributed by atoms with E-state index in [0.29, 0.717) is 25.9 Å². The van der Waals surface area contributed by atoms with E-state index in [1.54, 1.807) is 0 Å². The topological polar surface area (TPSA) is 61.8 Å². The van der Waals surface area contributed by atoms with Crippen molar-refractivity contribution in [1.29, 1.82) is 0 Å². The Hall–Kier alpha value is -2.66. The van der Waals surface area contributed by atoms with Gasteiger partial charge in [0.25, 0.3) is 0 Å². The second-order valence-electron chi connectivity index (χ2n) is 13.2. The van der Waals surface area contributed by atoms with Crippen LogP contribution < -0.4 is 0 Å². The molecule has 0 aliphatic carbocycles. The predicted molar refractivity (Wildman–Crippen MR) is 214 cm³/mol. The summed E-state index contributed by atoms with van der Waals surface area (Å²) in [5.41, 5.74) is 0. The van der Waals surface area contributed by atoms with Gasteiger partial charge in [0.2, 0.25) is 0 Å². The van der Waals surface area contributed by atoms with Gasteiger partial charge in [-0.15, -0.1) is 0 Å². The number of unbranched alkanes of at least 4 members (excludes halogenated alkanes) is 13. The fraction of sp³-hybridized carbons (Fsp3) is 0.689. The first kappa shape index (κ1) is 47.3. The highest BCUT2D eigenvalue weighted by Gasteiger charge is 2.17. The number of esters is 2. The van der Waals surface area contributed by atoms with E-state index in [4.69, 9.17) is 14.2 Å². The smallest absolute Gasteiger partial charge is 0.306 e. The molecule has 1 unspecified atom stereocenters. The molecule has 0 fully saturated rings. The van der Waals surface area contributed by atoms with Crippen LogP contribution in [0.4, 0.5) is 0 Å². The van der Waals surface area contributed by atoms with Crippen LogP contribution in [0, 0.1) is 0 Å². The average molecular weight is 697 g/mol. The summed E-state index contributed by atoms with van der Waals surface area (Å²) in [5, 5.41) is 0. The van der Waals surface area contributed by atoms with Crippen LogP contribution in [0.2, 0.25) is 0 Å². The first-order valence-corrected chi connectivity index (χ1v) is 20.5. The Morgan fingerprint density at radius 3 is 1.60 bits per heavy atom. The molecule has 286 valence electrons. The van der Waals surface area contributed by atoms with Crippen molar-refractivity contribution in [3.63, 3.8) is 0 Å². The van der Waals surface area contributed by atoms with Crippen LogP contribution in [-0.4, -0.2) is 37.9 Å². The third kappa shape index (κ3) is 38.1. The van der Waals surface area contributed by atoms with E-state index in [-0.39, 0.29) is 25.2 Å². The molecule has 0 aromatic carbocycles. The third-order valence-corrected chi connectivity index (χ3v) is 8.22. The molecule has 0 rings (SSSR count). The molecule has 0 saturated heterocycles. The highest BCUT2D eigenvalue weighted by molar-refractivity contribution is 5.70. The highest BCUT2D eigenvalue weighted by Crippen LogP contribution is 2.11. The SMILES string of the molecule is CC/C=C\C/C=C\C/C=C\C/C=C\CCC(=O)OCC(COCCCCCCCCCC)OC(=O)CCCCCCC/C=C\C/C=C\CCC. The summed E-state index contributed by atoms with van der Waals surface area (Å²) in [6.45, 7) is 7.51. The van der Waals surface area contributed by atoms with Gasteiger partial charge in [0.1, 0.15) is 6.61 Å². The van der Waals surface area contributed by atoms with E-state index in [9.17, 15) is 9.59 Å². The monoisotopic (exact) mass is 697 g/mol. The quantitative estimate of drug-likeness (QED) is 0.0371. The minimum absolute atomic E-state index is 0.0398. The van der Waals surface area contributed by atoms with Crippen LogP contribution in [0.5, 0.6) is 0 Å². The van der Waals surface area contributed by atoms with E-state index >= 15 is 0 Å². The zero-order valence-electron chi connectivity index (χ0n) is 32.6. The molecule has 0 saturated carbocycles. The lowest BCUT2D eigenvalue weighted by molar-refractivity contribution is -0.162. The number of carbonyl (C=O) groups is 2. The summed E-state index contributed by atoms with van der Waals surface area (Å²) in [6, 6.07) is 0. The molecule has 50 heavy (non-hydrogen) atoms. The number of ether oxygens (including phenoxy) is 3. The van der Waals surface area contributed by atoms with Crippen LogP contribution >= 0.6 is 0 Å². The molecular weight excluding hydrogens is 620 g/mol. The van der Waals surface area contributed by atoms with Gasteiger partial charge in [0.15, 0.2) is 6.10 Å². The van der Waals surface area contributed by atoms with Crippen LogP contribution in [-0.2, 0) is 23.8 Å². The molecule has 5 nitrogen and oxygen atoms in total. The summed E-state index contributed by atoms with van der Waals surface area (Å²) in [4.78, 5) is 25.1. The van der Waals surface area contributed by atoms with Crippen LogP contribution in [0.1, 0.15) is 175 Å². The molecule has 0 heterocycles. The largest absolute Gasteiger partial charge is 0.462 e. The molecule has 0 spiro atoms. The number of hydrogen-bond acceptors (Lipinski definition) is 5. The Kier molecular flexibility index (Phi) is 38.6. The summed E-state index contributed by atoms with van der Waals surface area (Å²) >= 11 is 0. The van der Waals surface area contributed by atoms with E-state index in [0.717, 1.165) is 77.0 Å². The lowest BCUT2D eigenvalue weighted by Gasteiger charge is -2.18. The fourth-order valence-corrected chi connectivity index (χ4v) is 5.21. The maximum Gasteiger partial charge on any atom is 0.306 e. The van der Waals surface area contributed by atoms with Gasteiger partial charge in [-0.1, -0.05) is 164 Å². The molecule has 5 heteroatoms. The van der Waals surface area contributed by atoms with Crippen molar-refractivity contribution in [3.05, 3.63) is 72.9 Å². The number of carbonyl (C=O) groups excluding carboxylic acids is 2. The zero-order chi connectivity index (χ0) is 36.4. The van der Waals surface area contributed by atoms with Gasteiger partial charge in [0.05, 0.1) is 6.61 Å². The Morgan fingerprint density at radius 1 is 0.460 bits per heavy atom. The molecule has 0 aromatic rings. The van der Waals surface area contributed by atoms with Crippen molar-refractivity contribution < 1.29 is 23.8 Å². The molecule has 1 atom stereocenters. The molecule has 0 radical (unpaired) electrons. The predicted octanol–water partition coefficient (Wildman–Crippen LogP) is 13.2. The zero-order valence-corrected chi connectivity index (χ0v) is 32.6. The van der Waals surface area contributed by atoms with Crippen molar-refractivity contribution in [1.82, 2.24) is 0 Å². The van der Waals surface area contributed by atoms with Crippen molar-refractivity contribution >= 4 is 11.9 Å². The molecule has 0 bridgehead atoms.